The highest BCUT2D eigenvalue weighted by molar-refractivity contribution is 5.93. The van der Waals surface area contributed by atoms with Gasteiger partial charge in [0.05, 0.1) is 6.54 Å². The predicted molar refractivity (Wildman–Crippen MR) is 184 cm³/mol. The summed E-state index contributed by atoms with van der Waals surface area (Å²) >= 11 is 0. The first-order valence-corrected chi connectivity index (χ1v) is 16.7. The first-order chi connectivity index (χ1) is 22.5. The number of likely N-dealkylation sites (tertiary alicyclic amines) is 1. The fraction of sp³-hybridized carbons (Fsp3) is 0.359. The van der Waals surface area contributed by atoms with E-state index in [1.165, 1.54) is 11.1 Å². The van der Waals surface area contributed by atoms with Crippen LogP contribution in [-0.2, 0) is 22.7 Å². The normalized spacial score (nSPS) is 17.2. The van der Waals surface area contributed by atoms with E-state index in [2.05, 4.69) is 87.6 Å². The average molecular weight is 616 g/mol. The SMILES string of the molecule is CC(=O)N1CCCN(Cc2ccccc2)CCN(C(=O)CN2CCC(c3ccccc3)CC2)Cc2cc(-c3cccnc3)ccc21. The van der Waals surface area contributed by atoms with E-state index in [1.807, 2.05) is 34.2 Å². The summed E-state index contributed by atoms with van der Waals surface area (Å²) in [6.07, 6.45) is 6.61. The Hall–Kier alpha value is -4.33. The zero-order valence-corrected chi connectivity index (χ0v) is 26.9. The highest BCUT2D eigenvalue weighted by Crippen LogP contribution is 2.31. The molecule has 7 nitrogen and oxygen atoms in total. The van der Waals surface area contributed by atoms with Crippen LogP contribution in [0, 0.1) is 0 Å². The van der Waals surface area contributed by atoms with Gasteiger partial charge < -0.3 is 9.80 Å². The van der Waals surface area contributed by atoms with Gasteiger partial charge in [0.1, 0.15) is 0 Å². The molecule has 1 aromatic heterocycles. The number of anilines is 1. The molecule has 0 spiro atoms. The zero-order chi connectivity index (χ0) is 31.7. The Bertz CT molecular complexity index is 1570. The van der Waals surface area contributed by atoms with Gasteiger partial charge in [0.2, 0.25) is 11.8 Å². The second-order valence-corrected chi connectivity index (χ2v) is 12.6. The number of fused-ring (bicyclic) bond motifs is 1. The van der Waals surface area contributed by atoms with E-state index >= 15 is 0 Å². The summed E-state index contributed by atoms with van der Waals surface area (Å²) in [5, 5.41) is 0. The van der Waals surface area contributed by atoms with E-state index in [9.17, 15) is 9.59 Å². The molecule has 2 aliphatic heterocycles. The zero-order valence-electron chi connectivity index (χ0n) is 26.9. The number of carbonyl (C=O) groups is 2. The number of rotatable bonds is 6. The third-order valence-corrected chi connectivity index (χ3v) is 9.47. The minimum absolute atomic E-state index is 0.0170. The Morgan fingerprint density at radius 3 is 2.24 bits per heavy atom. The number of hydrogen-bond acceptors (Lipinski definition) is 5. The number of aromatic nitrogens is 1. The Morgan fingerprint density at radius 1 is 0.761 bits per heavy atom. The number of nitrogens with zero attached hydrogens (tertiary/aromatic N) is 5. The molecule has 0 aliphatic carbocycles. The van der Waals surface area contributed by atoms with Gasteiger partial charge in [0, 0.05) is 64.3 Å². The molecule has 0 radical (unpaired) electrons. The lowest BCUT2D eigenvalue weighted by atomic mass is 9.89. The molecule has 2 aliphatic rings. The van der Waals surface area contributed by atoms with E-state index < -0.39 is 0 Å². The minimum atomic E-state index is 0.0170. The van der Waals surface area contributed by atoms with Crippen LogP contribution >= 0.6 is 0 Å². The first-order valence-electron chi connectivity index (χ1n) is 16.7. The van der Waals surface area contributed by atoms with Gasteiger partial charge >= 0.3 is 0 Å². The van der Waals surface area contributed by atoms with Crippen molar-refractivity contribution in [1.29, 1.82) is 0 Å². The second kappa shape index (κ2) is 15.3. The highest BCUT2D eigenvalue weighted by atomic mass is 16.2. The van der Waals surface area contributed by atoms with Crippen LogP contribution in [0.25, 0.3) is 11.1 Å². The summed E-state index contributed by atoms with van der Waals surface area (Å²) in [7, 11) is 0. The average Bonchev–Trinajstić information content (AvgIpc) is 3.13. The van der Waals surface area contributed by atoms with Gasteiger partial charge in [0.15, 0.2) is 0 Å². The van der Waals surface area contributed by atoms with Crippen molar-refractivity contribution in [2.24, 2.45) is 0 Å². The smallest absolute Gasteiger partial charge is 0.237 e. The van der Waals surface area contributed by atoms with Crippen LogP contribution in [0.5, 0.6) is 0 Å². The van der Waals surface area contributed by atoms with E-state index in [-0.39, 0.29) is 11.8 Å². The van der Waals surface area contributed by atoms with Gasteiger partial charge in [-0.2, -0.15) is 0 Å². The lowest BCUT2D eigenvalue weighted by Gasteiger charge is -2.34. The Morgan fingerprint density at radius 2 is 1.52 bits per heavy atom. The Balaban J connectivity index is 1.26. The van der Waals surface area contributed by atoms with Crippen LogP contribution in [-0.4, -0.2) is 77.3 Å². The fourth-order valence-electron chi connectivity index (χ4n) is 6.90. The molecule has 3 heterocycles. The molecule has 6 rings (SSSR count). The number of benzene rings is 3. The van der Waals surface area contributed by atoms with Crippen LogP contribution in [0.1, 0.15) is 48.8 Å². The molecule has 46 heavy (non-hydrogen) atoms. The third kappa shape index (κ3) is 8.08. The molecule has 0 saturated carbocycles. The van der Waals surface area contributed by atoms with Gasteiger partial charge in [-0.15, -0.1) is 0 Å². The van der Waals surface area contributed by atoms with E-state index in [4.69, 9.17) is 0 Å². The number of carbonyl (C=O) groups excluding carboxylic acids is 2. The first kappa shape index (κ1) is 31.6. The van der Waals surface area contributed by atoms with E-state index in [1.54, 1.807) is 13.1 Å². The van der Waals surface area contributed by atoms with Crippen molar-refractivity contribution in [2.45, 2.75) is 45.2 Å². The summed E-state index contributed by atoms with van der Waals surface area (Å²) in [5.74, 6) is 0.708. The Labute approximate surface area is 273 Å². The van der Waals surface area contributed by atoms with Crippen molar-refractivity contribution < 1.29 is 9.59 Å². The largest absolute Gasteiger partial charge is 0.336 e. The summed E-state index contributed by atoms with van der Waals surface area (Å²) in [5.41, 5.74) is 6.58. The van der Waals surface area contributed by atoms with Gasteiger partial charge in [-0.1, -0.05) is 72.8 Å². The lowest BCUT2D eigenvalue weighted by molar-refractivity contribution is -0.133. The van der Waals surface area contributed by atoms with Crippen molar-refractivity contribution in [2.75, 3.05) is 50.7 Å². The van der Waals surface area contributed by atoms with Crippen molar-refractivity contribution >= 4 is 17.5 Å². The van der Waals surface area contributed by atoms with E-state index in [0.717, 1.165) is 74.4 Å². The lowest BCUT2D eigenvalue weighted by Crippen LogP contribution is -2.45. The van der Waals surface area contributed by atoms with Crippen molar-refractivity contribution in [3.05, 3.63) is 120 Å². The van der Waals surface area contributed by atoms with Gasteiger partial charge in [0.25, 0.3) is 0 Å². The van der Waals surface area contributed by atoms with E-state index in [0.29, 0.717) is 32.1 Å². The molecule has 0 unspecified atom stereocenters. The number of piperidine rings is 1. The molecular weight excluding hydrogens is 570 g/mol. The van der Waals surface area contributed by atoms with Crippen molar-refractivity contribution in [1.82, 2.24) is 19.7 Å². The van der Waals surface area contributed by atoms with Gasteiger partial charge in [-0.25, -0.2) is 0 Å². The van der Waals surface area contributed by atoms with Crippen LogP contribution < -0.4 is 4.90 Å². The van der Waals surface area contributed by atoms with Gasteiger partial charge in [-0.05, 0) is 84.3 Å². The second-order valence-electron chi connectivity index (χ2n) is 12.6. The highest BCUT2D eigenvalue weighted by Gasteiger charge is 2.26. The third-order valence-electron chi connectivity index (χ3n) is 9.47. The van der Waals surface area contributed by atoms with Crippen LogP contribution in [0.2, 0.25) is 0 Å². The minimum Gasteiger partial charge on any atom is -0.336 e. The monoisotopic (exact) mass is 615 g/mol. The molecule has 7 heteroatoms. The summed E-state index contributed by atoms with van der Waals surface area (Å²) in [6, 6.07) is 31.5. The number of amides is 2. The molecule has 3 aromatic carbocycles. The summed E-state index contributed by atoms with van der Waals surface area (Å²) < 4.78 is 0. The molecule has 1 saturated heterocycles. The summed E-state index contributed by atoms with van der Waals surface area (Å²) in [4.78, 5) is 40.2. The van der Waals surface area contributed by atoms with Crippen molar-refractivity contribution in [3.8, 4) is 11.1 Å². The topological polar surface area (TPSA) is 60.0 Å². The molecule has 1 fully saturated rings. The maximum atomic E-state index is 14.2. The maximum Gasteiger partial charge on any atom is 0.237 e. The molecule has 0 bridgehead atoms. The fourth-order valence-corrected chi connectivity index (χ4v) is 6.90. The predicted octanol–water partition coefficient (Wildman–Crippen LogP) is 6.22. The van der Waals surface area contributed by atoms with Crippen LogP contribution in [0.3, 0.4) is 0 Å². The standard InChI is InChI=1S/C39H45N5O2/c1-31(45)44-21-9-20-41(28-32-10-4-2-5-11-32)24-25-43(29-37-26-35(15-16-38(37)44)36-14-8-19-40-27-36)39(46)30-42-22-17-34(18-23-42)33-12-6-3-7-13-33/h2-8,10-16,19,26-27,34H,9,17-18,20-25,28-30H2,1H3. The Kier molecular flexibility index (Phi) is 10.5. The molecular formula is C39H45N5O2. The quantitative estimate of drug-likeness (QED) is 0.258. The maximum absolute atomic E-state index is 14.2. The number of hydrogen-bond donors (Lipinski definition) is 0. The van der Waals surface area contributed by atoms with Crippen LogP contribution in [0.4, 0.5) is 5.69 Å². The molecule has 2 amide bonds. The van der Waals surface area contributed by atoms with Gasteiger partial charge in [-0.3, -0.25) is 24.4 Å². The number of pyridine rings is 1. The summed E-state index contributed by atoms with van der Waals surface area (Å²) in [6.45, 7) is 8.02. The molecule has 238 valence electrons. The molecule has 0 N–H and O–H groups in total. The van der Waals surface area contributed by atoms with Crippen LogP contribution in [0.15, 0.2) is 103 Å². The van der Waals surface area contributed by atoms with Crippen molar-refractivity contribution in [3.63, 3.8) is 0 Å². The molecule has 0 atom stereocenters. The molecule has 4 aromatic rings.